The summed E-state index contributed by atoms with van der Waals surface area (Å²) in [5, 5.41) is 14.3. The molecule has 2 N–H and O–H groups in total. The van der Waals surface area contributed by atoms with Gasteiger partial charge in [-0.3, -0.25) is 14.4 Å². The van der Waals surface area contributed by atoms with Gasteiger partial charge in [-0.25, -0.2) is 4.98 Å². The third-order valence-corrected chi connectivity index (χ3v) is 5.82. The van der Waals surface area contributed by atoms with E-state index >= 15 is 0 Å². The van der Waals surface area contributed by atoms with Crippen LogP contribution in [0.25, 0.3) is 22.4 Å². The van der Waals surface area contributed by atoms with Gasteiger partial charge >= 0.3 is 0 Å². The maximum absolute atomic E-state index is 13.1. The summed E-state index contributed by atoms with van der Waals surface area (Å²) < 4.78 is 0. The highest BCUT2D eigenvalue weighted by Gasteiger charge is 2.31. The van der Waals surface area contributed by atoms with Gasteiger partial charge < -0.3 is 14.8 Å². The second kappa shape index (κ2) is 8.43. The Kier molecular flexibility index (Phi) is 5.31. The standard InChI is InChI=1S/C21H17ClN8O3/c22-14-11-24-17(19-25-27-28-26-19)16-15(14)13(10-23-16)18(31)21(33)30-8-6-29(7-9-30)20(32)12-4-2-1-3-5-12/h1-5,10-11,23H,6-9H2,(H,25,26,27,28). The predicted molar refractivity (Wildman–Crippen MR) is 118 cm³/mol. The first kappa shape index (κ1) is 20.8. The van der Waals surface area contributed by atoms with Gasteiger partial charge in [-0.15, -0.1) is 10.2 Å². The number of tetrazole rings is 1. The maximum atomic E-state index is 13.1. The number of carbonyl (C=O) groups is 3. The first-order valence-electron chi connectivity index (χ1n) is 10.1. The van der Waals surface area contributed by atoms with E-state index in [4.69, 9.17) is 11.6 Å². The number of rotatable bonds is 4. The van der Waals surface area contributed by atoms with E-state index in [-0.39, 0.29) is 35.4 Å². The molecule has 0 saturated carbocycles. The number of amides is 2. The van der Waals surface area contributed by atoms with Crippen molar-refractivity contribution >= 4 is 40.1 Å². The Morgan fingerprint density at radius 3 is 2.42 bits per heavy atom. The summed E-state index contributed by atoms with van der Waals surface area (Å²) in [7, 11) is 0. The summed E-state index contributed by atoms with van der Waals surface area (Å²) in [5.74, 6) is -1.23. The maximum Gasteiger partial charge on any atom is 0.295 e. The lowest BCUT2D eigenvalue weighted by Crippen LogP contribution is -2.52. The highest BCUT2D eigenvalue weighted by molar-refractivity contribution is 6.47. The van der Waals surface area contributed by atoms with Crippen molar-refractivity contribution in [1.29, 1.82) is 0 Å². The summed E-state index contributed by atoms with van der Waals surface area (Å²) in [4.78, 5) is 49.0. The fourth-order valence-corrected chi connectivity index (χ4v) is 4.10. The molecule has 0 unspecified atom stereocenters. The molecule has 0 spiro atoms. The van der Waals surface area contributed by atoms with Crippen molar-refractivity contribution < 1.29 is 14.4 Å². The third kappa shape index (κ3) is 3.72. The molecule has 0 bridgehead atoms. The van der Waals surface area contributed by atoms with E-state index in [2.05, 4.69) is 30.6 Å². The lowest BCUT2D eigenvalue weighted by Gasteiger charge is -2.34. The van der Waals surface area contributed by atoms with Crippen LogP contribution in [0.5, 0.6) is 0 Å². The number of aromatic amines is 2. The zero-order valence-electron chi connectivity index (χ0n) is 17.2. The molecule has 33 heavy (non-hydrogen) atoms. The summed E-state index contributed by atoms with van der Waals surface area (Å²) >= 11 is 6.32. The van der Waals surface area contributed by atoms with Crippen LogP contribution in [0, 0.1) is 0 Å². The summed E-state index contributed by atoms with van der Waals surface area (Å²) in [5.41, 5.74) is 1.50. The van der Waals surface area contributed by atoms with Crippen molar-refractivity contribution in [3.05, 3.63) is 58.9 Å². The van der Waals surface area contributed by atoms with Gasteiger partial charge in [0.25, 0.3) is 17.6 Å². The molecular weight excluding hydrogens is 448 g/mol. The van der Waals surface area contributed by atoms with Crippen LogP contribution in [0.1, 0.15) is 20.7 Å². The second-order valence-electron chi connectivity index (χ2n) is 7.42. The molecule has 1 fully saturated rings. The van der Waals surface area contributed by atoms with Crippen LogP contribution in [0.2, 0.25) is 5.02 Å². The van der Waals surface area contributed by atoms with Gasteiger partial charge in [-0.1, -0.05) is 29.8 Å². The Morgan fingerprint density at radius 1 is 1.00 bits per heavy atom. The van der Waals surface area contributed by atoms with Crippen molar-refractivity contribution in [2.24, 2.45) is 0 Å². The van der Waals surface area contributed by atoms with Crippen molar-refractivity contribution in [2.45, 2.75) is 0 Å². The number of nitrogens with one attached hydrogen (secondary N) is 2. The van der Waals surface area contributed by atoms with Crippen LogP contribution in [-0.2, 0) is 4.79 Å². The number of hydrogen-bond donors (Lipinski definition) is 2. The minimum absolute atomic E-state index is 0.0982. The van der Waals surface area contributed by atoms with Gasteiger partial charge in [-0.2, -0.15) is 5.21 Å². The Labute approximate surface area is 191 Å². The number of aromatic nitrogens is 6. The van der Waals surface area contributed by atoms with Gasteiger partial charge in [0.2, 0.25) is 5.82 Å². The van der Waals surface area contributed by atoms with Gasteiger partial charge in [-0.05, 0) is 17.3 Å². The van der Waals surface area contributed by atoms with E-state index in [1.165, 1.54) is 17.3 Å². The minimum atomic E-state index is -0.698. The molecule has 4 aromatic rings. The fraction of sp³-hybridized carbons (Fsp3) is 0.190. The molecule has 1 aliphatic heterocycles. The second-order valence-corrected chi connectivity index (χ2v) is 7.83. The number of H-pyrrole nitrogens is 2. The van der Waals surface area contributed by atoms with Crippen LogP contribution in [0.3, 0.4) is 0 Å². The number of piperazine rings is 1. The predicted octanol–water partition coefficient (Wildman–Crippen LogP) is 1.56. The zero-order valence-corrected chi connectivity index (χ0v) is 17.9. The van der Waals surface area contributed by atoms with E-state index in [0.29, 0.717) is 35.2 Å². The Balaban J connectivity index is 1.34. The average molecular weight is 465 g/mol. The Morgan fingerprint density at radius 2 is 1.73 bits per heavy atom. The number of Topliss-reactive ketones (excluding diaryl/α,β-unsaturated/α-hetero) is 1. The van der Waals surface area contributed by atoms with E-state index in [1.54, 1.807) is 29.2 Å². The number of benzene rings is 1. The summed E-state index contributed by atoms with van der Waals surface area (Å²) in [6.07, 6.45) is 2.80. The molecular formula is C21H17ClN8O3. The van der Waals surface area contributed by atoms with E-state index in [1.807, 2.05) is 6.07 Å². The van der Waals surface area contributed by atoms with Crippen LogP contribution >= 0.6 is 11.6 Å². The van der Waals surface area contributed by atoms with Crippen molar-refractivity contribution in [3.8, 4) is 11.5 Å². The quantitative estimate of drug-likeness (QED) is 0.345. The molecule has 12 heteroatoms. The van der Waals surface area contributed by atoms with E-state index in [9.17, 15) is 14.4 Å². The summed E-state index contributed by atoms with van der Waals surface area (Å²) in [6, 6.07) is 8.95. The van der Waals surface area contributed by atoms with Crippen LogP contribution in [0.4, 0.5) is 0 Å². The number of hydrogen-bond acceptors (Lipinski definition) is 7. The molecule has 0 radical (unpaired) electrons. The van der Waals surface area contributed by atoms with Gasteiger partial charge in [0.15, 0.2) is 0 Å². The number of halogens is 1. The molecule has 1 aromatic carbocycles. The Bertz CT molecular complexity index is 1340. The highest BCUT2D eigenvalue weighted by atomic mass is 35.5. The monoisotopic (exact) mass is 464 g/mol. The van der Waals surface area contributed by atoms with E-state index in [0.717, 1.165) is 0 Å². The van der Waals surface area contributed by atoms with Crippen molar-refractivity contribution in [3.63, 3.8) is 0 Å². The van der Waals surface area contributed by atoms with E-state index < -0.39 is 11.7 Å². The van der Waals surface area contributed by atoms with Crippen molar-refractivity contribution in [1.82, 2.24) is 40.4 Å². The van der Waals surface area contributed by atoms with Gasteiger partial charge in [0.1, 0.15) is 5.69 Å². The number of carbonyl (C=O) groups excluding carboxylic acids is 3. The molecule has 3 aromatic heterocycles. The van der Waals surface area contributed by atoms with Crippen molar-refractivity contribution in [2.75, 3.05) is 26.2 Å². The lowest BCUT2D eigenvalue weighted by atomic mass is 10.1. The molecule has 1 aliphatic rings. The minimum Gasteiger partial charge on any atom is -0.359 e. The number of ketones is 1. The normalized spacial score (nSPS) is 14.0. The van der Waals surface area contributed by atoms with Gasteiger partial charge in [0.05, 0.1) is 16.1 Å². The SMILES string of the molecule is O=C(C(=O)N1CCN(C(=O)c2ccccc2)CC1)c1c[nH]c2c(-c3nn[nH]n3)ncc(Cl)c12. The topological polar surface area (TPSA) is 141 Å². The molecule has 1 saturated heterocycles. The molecule has 5 rings (SSSR count). The molecule has 0 atom stereocenters. The van der Waals surface area contributed by atoms with Crippen LogP contribution in [0.15, 0.2) is 42.7 Å². The first-order valence-corrected chi connectivity index (χ1v) is 10.5. The molecule has 166 valence electrons. The Hall–Kier alpha value is -4.12. The third-order valence-electron chi connectivity index (χ3n) is 5.53. The molecule has 11 nitrogen and oxygen atoms in total. The number of pyridine rings is 1. The fourth-order valence-electron chi connectivity index (χ4n) is 3.85. The molecule has 2 amide bonds. The van der Waals surface area contributed by atoms with Gasteiger partial charge in [0, 0.05) is 49.5 Å². The first-order chi connectivity index (χ1) is 16.0. The zero-order chi connectivity index (χ0) is 22.9. The van der Waals surface area contributed by atoms with Crippen LogP contribution < -0.4 is 0 Å². The smallest absolute Gasteiger partial charge is 0.295 e. The highest BCUT2D eigenvalue weighted by Crippen LogP contribution is 2.31. The average Bonchev–Trinajstić information content (AvgIpc) is 3.55. The number of nitrogens with zero attached hydrogens (tertiary/aromatic N) is 6. The largest absolute Gasteiger partial charge is 0.359 e. The molecule has 0 aliphatic carbocycles. The lowest BCUT2D eigenvalue weighted by molar-refractivity contribution is -0.127. The summed E-state index contributed by atoms with van der Waals surface area (Å²) in [6.45, 7) is 1.20. The number of fused-ring (bicyclic) bond motifs is 1. The molecule has 4 heterocycles. The van der Waals surface area contributed by atoms with Crippen LogP contribution in [-0.4, -0.2) is 84.2 Å².